The molecule has 2 aromatic carbocycles. The standard InChI is InChI=1S/C20H22F2N2/c21-19-7-6-16(8-20(19)22)10-24-13-17-11-23(12-18(17)14-24)9-15-4-2-1-3-5-15/h1-8,17-18H,9-14H2. The van der Waals surface area contributed by atoms with Crippen LogP contribution in [-0.4, -0.2) is 36.0 Å². The van der Waals surface area contributed by atoms with Gasteiger partial charge in [-0.15, -0.1) is 0 Å². The van der Waals surface area contributed by atoms with Crippen LogP contribution in [-0.2, 0) is 13.1 Å². The van der Waals surface area contributed by atoms with E-state index in [0.29, 0.717) is 18.4 Å². The van der Waals surface area contributed by atoms with E-state index in [1.54, 1.807) is 6.07 Å². The molecule has 0 radical (unpaired) electrons. The van der Waals surface area contributed by atoms with Crippen LogP contribution in [0.1, 0.15) is 11.1 Å². The molecule has 0 amide bonds. The van der Waals surface area contributed by atoms with Gasteiger partial charge in [0.15, 0.2) is 11.6 Å². The fourth-order valence-corrected chi connectivity index (χ4v) is 4.18. The molecule has 2 fully saturated rings. The van der Waals surface area contributed by atoms with E-state index < -0.39 is 11.6 Å². The maximum atomic E-state index is 13.3. The molecule has 0 aliphatic carbocycles. The third-order valence-corrected chi connectivity index (χ3v) is 5.28. The van der Waals surface area contributed by atoms with Gasteiger partial charge in [0.2, 0.25) is 0 Å². The molecule has 2 heterocycles. The van der Waals surface area contributed by atoms with Crippen molar-refractivity contribution >= 4 is 0 Å². The Morgan fingerprint density at radius 1 is 0.708 bits per heavy atom. The molecule has 4 rings (SSSR count). The Kier molecular flexibility index (Phi) is 4.33. The van der Waals surface area contributed by atoms with Crippen molar-refractivity contribution in [3.63, 3.8) is 0 Å². The van der Waals surface area contributed by atoms with Crippen LogP contribution in [0, 0.1) is 23.5 Å². The van der Waals surface area contributed by atoms with Gasteiger partial charge in [-0.1, -0.05) is 36.4 Å². The molecule has 2 nitrogen and oxygen atoms in total. The van der Waals surface area contributed by atoms with Crippen LogP contribution in [0.15, 0.2) is 48.5 Å². The van der Waals surface area contributed by atoms with Crippen LogP contribution in [0.25, 0.3) is 0 Å². The van der Waals surface area contributed by atoms with Gasteiger partial charge in [-0.2, -0.15) is 0 Å². The summed E-state index contributed by atoms with van der Waals surface area (Å²) >= 11 is 0. The third kappa shape index (κ3) is 3.35. The van der Waals surface area contributed by atoms with E-state index in [-0.39, 0.29) is 0 Å². The lowest BCUT2D eigenvalue weighted by molar-refractivity contribution is 0.246. The predicted molar refractivity (Wildman–Crippen MR) is 90.3 cm³/mol. The molecule has 2 aromatic rings. The summed E-state index contributed by atoms with van der Waals surface area (Å²) in [5.41, 5.74) is 2.23. The number of nitrogens with zero attached hydrogens (tertiary/aromatic N) is 2. The van der Waals surface area contributed by atoms with Gasteiger partial charge in [-0.25, -0.2) is 8.78 Å². The van der Waals surface area contributed by atoms with Crippen LogP contribution >= 0.6 is 0 Å². The number of likely N-dealkylation sites (tertiary alicyclic amines) is 2. The van der Waals surface area contributed by atoms with Gasteiger partial charge in [-0.3, -0.25) is 9.80 Å². The Bertz CT molecular complexity index is 690. The molecular weight excluding hydrogens is 306 g/mol. The number of hydrogen-bond acceptors (Lipinski definition) is 2. The number of halogens is 2. The lowest BCUT2D eigenvalue weighted by Gasteiger charge is -2.21. The Labute approximate surface area is 141 Å². The van der Waals surface area contributed by atoms with E-state index >= 15 is 0 Å². The Balaban J connectivity index is 1.32. The van der Waals surface area contributed by atoms with E-state index in [9.17, 15) is 8.78 Å². The Morgan fingerprint density at radius 3 is 1.88 bits per heavy atom. The van der Waals surface area contributed by atoms with Crippen LogP contribution in [0.3, 0.4) is 0 Å². The van der Waals surface area contributed by atoms with Gasteiger partial charge in [-0.05, 0) is 35.1 Å². The number of benzene rings is 2. The normalized spacial score (nSPS) is 24.4. The van der Waals surface area contributed by atoms with Crippen LogP contribution in [0.2, 0.25) is 0 Å². The second kappa shape index (κ2) is 6.61. The van der Waals surface area contributed by atoms with Crippen LogP contribution in [0.5, 0.6) is 0 Å². The molecule has 2 saturated heterocycles. The van der Waals surface area contributed by atoms with E-state index in [0.717, 1.165) is 38.3 Å². The molecule has 4 heteroatoms. The average Bonchev–Trinajstić information content (AvgIpc) is 3.10. The fraction of sp³-hybridized carbons (Fsp3) is 0.400. The largest absolute Gasteiger partial charge is 0.298 e. The molecule has 2 aliphatic heterocycles. The summed E-state index contributed by atoms with van der Waals surface area (Å²) in [5, 5.41) is 0. The smallest absolute Gasteiger partial charge is 0.159 e. The van der Waals surface area contributed by atoms with Gasteiger partial charge < -0.3 is 0 Å². The first-order chi connectivity index (χ1) is 11.7. The van der Waals surface area contributed by atoms with Crippen molar-refractivity contribution < 1.29 is 8.78 Å². The second-order valence-corrected chi connectivity index (χ2v) is 7.14. The van der Waals surface area contributed by atoms with Crippen molar-refractivity contribution in [3.05, 3.63) is 71.3 Å². The third-order valence-electron chi connectivity index (χ3n) is 5.28. The van der Waals surface area contributed by atoms with Crippen molar-refractivity contribution in [2.24, 2.45) is 11.8 Å². The molecule has 0 bridgehead atoms. The fourth-order valence-electron chi connectivity index (χ4n) is 4.18. The molecular formula is C20H22F2N2. The monoisotopic (exact) mass is 328 g/mol. The first-order valence-electron chi connectivity index (χ1n) is 8.60. The van der Waals surface area contributed by atoms with Gasteiger partial charge in [0.25, 0.3) is 0 Å². The van der Waals surface area contributed by atoms with Crippen LogP contribution in [0.4, 0.5) is 8.78 Å². The Morgan fingerprint density at radius 2 is 1.29 bits per heavy atom. The van der Waals surface area contributed by atoms with Gasteiger partial charge in [0.05, 0.1) is 0 Å². The van der Waals surface area contributed by atoms with E-state index in [1.807, 2.05) is 0 Å². The van der Waals surface area contributed by atoms with Crippen molar-refractivity contribution in [2.75, 3.05) is 26.2 Å². The highest BCUT2D eigenvalue weighted by molar-refractivity contribution is 5.18. The van der Waals surface area contributed by atoms with Crippen molar-refractivity contribution in [1.29, 1.82) is 0 Å². The zero-order chi connectivity index (χ0) is 16.5. The lowest BCUT2D eigenvalue weighted by atomic mass is 10.0. The molecule has 0 saturated carbocycles. The maximum absolute atomic E-state index is 13.3. The minimum absolute atomic E-state index is 0.694. The molecule has 24 heavy (non-hydrogen) atoms. The number of fused-ring (bicyclic) bond motifs is 1. The molecule has 0 N–H and O–H groups in total. The quantitative estimate of drug-likeness (QED) is 0.847. The summed E-state index contributed by atoms with van der Waals surface area (Å²) in [6, 6.07) is 14.8. The summed E-state index contributed by atoms with van der Waals surface area (Å²) in [4.78, 5) is 4.92. The highest BCUT2D eigenvalue weighted by Crippen LogP contribution is 2.32. The van der Waals surface area contributed by atoms with Crippen LogP contribution < -0.4 is 0 Å². The highest BCUT2D eigenvalue weighted by atomic mass is 19.2. The predicted octanol–water partition coefficient (Wildman–Crippen LogP) is 3.53. The van der Waals surface area contributed by atoms with Gasteiger partial charge in [0.1, 0.15) is 0 Å². The first kappa shape index (κ1) is 15.7. The molecule has 2 unspecified atom stereocenters. The first-order valence-corrected chi connectivity index (χ1v) is 8.60. The van der Waals surface area contributed by atoms with Gasteiger partial charge in [0, 0.05) is 39.3 Å². The molecule has 0 spiro atoms. The minimum atomic E-state index is -0.770. The Hall–Kier alpha value is -1.78. The lowest BCUT2D eigenvalue weighted by Crippen LogP contribution is -2.28. The zero-order valence-corrected chi connectivity index (χ0v) is 13.7. The summed E-state index contributed by atoms with van der Waals surface area (Å²) in [6.45, 7) is 6.10. The summed E-state index contributed by atoms with van der Waals surface area (Å²) in [6.07, 6.45) is 0. The van der Waals surface area contributed by atoms with E-state index in [2.05, 4.69) is 40.1 Å². The zero-order valence-electron chi connectivity index (χ0n) is 13.7. The van der Waals surface area contributed by atoms with E-state index in [4.69, 9.17) is 0 Å². The van der Waals surface area contributed by atoms with Crippen molar-refractivity contribution in [2.45, 2.75) is 13.1 Å². The molecule has 126 valence electrons. The highest BCUT2D eigenvalue weighted by Gasteiger charge is 2.39. The SMILES string of the molecule is Fc1ccc(CN2CC3CN(Cc4ccccc4)CC3C2)cc1F. The number of rotatable bonds is 4. The maximum Gasteiger partial charge on any atom is 0.159 e. The molecule has 0 aromatic heterocycles. The van der Waals surface area contributed by atoms with Crippen molar-refractivity contribution in [3.8, 4) is 0 Å². The second-order valence-electron chi connectivity index (χ2n) is 7.14. The summed E-state index contributed by atoms with van der Waals surface area (Å²) in [7, 11) is 0. The topological polar surface area (TPSA) is 6.48 Å². The average molecular weight is 328 g/mol. The van der Waals surface area contributed by atoms with Crippen molar-refractivity contribution in [1.82, 2.24) is 9.80 Å². The van der Waals surface area contributed by atoms with Gasteiger partial charge >= 0.3 is 0 Å². The minimum Gasteiger partial charge on any atom is -0.298 e. The summed E-state index contributed by atoms with van der Waals surface area (Å²) < 4.78 is 26.4. The summed E-state index contributed by atoms with van der Waals surface area (Å²) in [5.74, 6) is -0.132. The molecule has 2 atom stereocenters. The molecule has 2 aliphatic rings. The van der Waals surface area contributed by atoms with E-state index in [1.165, 1.54) is 17.7 Å². The number of hydrogen-bond donors (Lipinski definition) is 0.